The second-order valence-electron chi connectivity index (χ2n) is 2.89. The van der Waals surface area contributed by atoms with E-state index in [9.17, 15) is 9.59 Å². The van der Waals surface area contributed by atoms with E-state index in [4.69, 9.17) is 6.42 Å². The number of aromatic nitrogens is 2. The third kappa shape index (κ3) is 1.28. The maximum atomic E-state index is 11.7. The lowest BCUT2D eigenvalue weighted by Gasteiger charge is -2.04. The summed E-state index contributed by atoms with van der Waals surface area (Å²) >= 11 is 1.52. The van der Waals surface area contributed by atoms with Crippen LogP contribution in [0.1, 0.15) is 0 Å². The number of hydrogen-bond donors (Lipinski definition) is 0. The van der Waals surface area contributed by atoms with E-state index >= 15 is 0 Å². The number of fused-ring (bicyclic) bond motifs is 1. The van der Waals surface area contributed by atoms with Crippen LogP contribution in [0.25, 0.3) is 0 Å². The van der Waals surface area contributed by atoms with E-state index in [1.807, 2.05) is 0 Å². The van der Waals surface area contributed by atoms with Crippen LogP contribution in [0.5, 0.6) is 0 Å². The lowest BCUT2D eigenvalue weighted by molar-refractivity contribution is 0.585. The Labute approximate surface area is 84.6 Å². The van der Waals surface area contributed by atoms with Gasteiger partial charge in [0.05, 0.1) is 11.6 Å². The van der Waals surface area contributed by atoms with Gasteiger partial charge in [-0.2, -0.15) is 0 Å². The van der Waals surface area contributed by atoms with Gasteiger partial charge in [0.15, 0.2) is 0 Å². The zero-order valence-electron chi connectivity index (χ0n) is 7.40. The van der Waals surface area contributed by atoms with Gasteiger partial charge < -0.3 is 0 Å². The number of terminal acetylenes is 1. The Morgan fingerprint density at radius 3 is 3.07 bits per heavy atom. The normalized spacial score (nSPS) is 13.6. The van der Waals surface area contributed by atoms with Gasteiger partial charge in [0.1, 0.15) is 0 Å². The number of hydrogen-bond acceptors (Lipinski definition) is 3. The van der Waals surface area contributed by atoms with Crippen LogP contribution in [0, 0.1) is 12.3 Å². The summed E-state index contributed by atoms with van der Waals surface area (Å²) in [7, 11) is 0. The van der Waals surface area contributed by atoms with Crippen molar-refractivity contribution in [3.63, 3.8) is 0 Å². The van der Waals surface area contributed by atoms with Gasteiger partial charge >= 0.3 is 5.69 Å². The smallest absolute Gasteiger partial charge is 0.287 e. The maximum Gasteiger partial charge on any atom is 0.332 e. The molecular formula is C9H8N2O2S. The molecule has 0 aliphatic carbocycles. The maximum absolute atomic E-state index is 11.7. The molecule has 0 unspecified atom stereocenters. The predicted molar refractivity (Wildman–Crippen MR) is 54.5 cm³/mol. The van der Waals surface area contributed by atoms with E-state index in [0.29, 0.717) is 6.54 Å². The number of nitrogens with zero attached hydrogens (tertiary/aromatic N) is 2. The van der Waals surface area contributed by atoms with Crippen molar-refractivity contribution in [2.24, 2.45) is 0 Å². The lowest BCUT2D eigenvalue weighted by Crippen LogP contribution is -2.38. The Hall–Kier alpha value is -1.41. The molecule has 0 radical (unpaired) electrons. The molecule has 1 aromatic rings. The van der Waals surface area contributed by atoms with E-state index < -0.39 is 0 Å². The average molecular weight is 208 g/mol. The molecular weight excluding hydrogens is 200 g/mol. The van der Waals surface area contributed by atoms with Crippen LogP contribution >= 0.6 is 11.8 Å². The molecule has 2 rings (SSSR count). The zero-order valence-corrected chi connectivity index (χ0v) is 8.21. The minimum atomic E-state index is -0.311. The predicted octanol–water partition coefficient (Wildman–Crippen LogP) is -0.251. The second kappa shape index (κ2) is 3.39. The van der Waals surface area contributed by atoms with Crippen molar-refractivity contribution in [1.82, 2.24) is 9.13 Å². The Bertz CT molecular complexity index is 521. The highest BCUT2D eigenvalue weighted by molar-refractivity contribution is 7.99. The van der Waals surface area contributed by atoms with Crippen LogP contribution < -0.4 is 11.2 Å². The molecule has 72 valence electrons. The molecule has 1 aliphatic rings. The summed E-state index contributed by atoms with van der Waals surface area (Å²) in [6, 6.07) is 1.47. The summed E-state index contributed by atoms with van der Waals surface area (Å²) in [5.74, 6) is 3.14. The lowest BCUT2D eigenvalue weighted by atomic mass is 10.5. The van der Waals surface area contributed by atoms with Crippen molar-refractivity contribution < 1.29 is 0 Å². The highest BCUT2D eigenvalue weighted by atomic mass is 32.2. The Balaban J connectivity index is 2.71. The molecule has 5 heteroatoms. The fourth-order valence-electron chi connectivity index (χ4n) is 1.40. The van der Waals surface area contributed by atoms with Crippen LogP contribution in [0.4, 0.5) is 0 Å². The summed E-state index contributed by atoms with van der Waals surface area (Å²) in [5, 5.41) is 0.744. The Morgan fingerprint density at radius 2 is 2.36 bits per heavy atom. The third-order valence-electron chi connectivity index (χ3n) is 2.06. The van der Waals surface area contributed by atoms with E-state index in [1.54, 1.807) is 4.57 Å². The van der Waals surface area contributed by atoms with Gasteiger partial charge in [-0.25, -0.2) is 9.36 Å². The molecule has 0 atom stereocenters. The van der Waals surface area contributed by atoms with Crippen molar-refractivity contribution in [3.05, 3.63) is 26.9 Å². The molecule has 0 fully saturated rings. The van der Waals surface area contributed by atoms with Crippen LogP contribution in [-0.4, -0.2) is 14.9 Å². The quantitative estimate of drug-likeness (QED) is 0.472. The van der Waals surface area contributed by atoms with Crippen molar-refractivity contribution in [1.29, 1.82) is 0 Å². The van der Waals surface area contributed by atoms with Crippen LogP contribution in [0.15, 0.2) is 20.7 Å². The highest BCUT2D eigenvalue weighted by Crippen LogP contribution is 2.20. The molecule has 1 aromatic heterocycles. The van der Waals surface area contributed by atoms with Gasteiger partial charge in [-0.3, -0.25) is 9.36 Å². The highest BCUT2D eigenvalue weighted by Gasteiger charge is 2.15. The second-order valence-corrected chi connectivity index (χ2v) is 4.01. The summed E-state index contributed by atoms with van der Waals surface area (Å²) in [6.07, 6.45) is 5.08. The molecule has 0 saturated heterocycles. The number of thioether (sulfide) groups is 1. The first-order chi connectivity index (χ1) is 6.74. The van der Waals surface area contributed by atoms with E-state index in [2.05, 4.69) is 5.92 Å². The van der Waals surface area contributed by atoms with E-state index in [1.165, 1.54) is 17.8 Å². The van der Waals surface area contributed by atoms with Gasteiger partial charge in [-0.05, 0) is 0 Å². The molecule has 4 nitrogen and oxygen atoms in total. The minimum Gasteiger partial charge on any atom is -0.287 e. The Kier molecular flexibility index (Phi) is 2.22. The summed E-state index contributed by atoms with van der Waals surface area (Å²) in [4.78, 5) is 23.1. The first-order valence-electron chi connectivity index (χ1n) is 4.15. The monoisotopic (exact) mass is 208 g/mol. The summed E-state index contributed by atoms with van der Waals surface area (Å²) in [5.41, 5.74) is -0.607. The minimum absolute atomic E-state index is 0.0443. The van der Waals surface area contributed by atoms with Crippen molar-refractivity contribution in [2.75, 3.05) is 5.75 Å². The molecule has 0 spiro atoms. The van der Waals surface area contributed by atoms with Crippen molar-refractivity contribution >= 4 is 11.8 Å². The van der Waals surface area contributed by atoms with Gasteiger partial charge in [0, 0.05) is 18.4 Å². The van der Waals surface area contributed by atoms with Crippen LogP contribution in [0.2, 0.25) is 0 Å². The molecule has 0 bridgehead atoms. The topological polar surface area (TPSA) is 44.0 Å². The van der Waals surface area contributed by atoms with Gasteiger partial charge in [0.25, 0.3) is 5.56 Å². The van der Waals surface area contributed by atoms with Gasteiger partial charge in [0.2, 0.25) is 0 Å². The molecule has 0 amide bonds. The summed E-state index contributed by atoms with van der Waals surface area (Å²) in [6.45, 7) is 0.701. The average Bonchev–Trinajstić information content (AvgIpc) is 2.60. The van der Waals surface area contributed by atoms with Crippen LogP contribution in [-0.2, 0) is 13.1 Å². The SMILES string of the molecule is C#CCn1c(=O)cc2n(c1=O)CCS2. The first-order valence-corrected chi connectivity index (χ1v) is 5.13. The van der Waals surface area contributed by atoms with Gasteiger partial charge in [-0.1, -0.05) is 5.92 Å². The molecule has 0 saturated carbocycles. The molecule has 2 heterocycles. The van der Waals surface area contributed by atoms with Crippen molar-refractivity contribution in [3.8, 4) is 12.3 Å². The van der Waals surface area contributed by atoms with Gasteiger partial charge in [-0.15, -0.1) is 18.2 Å². The molecule has 1 aliphatic heterocycles. The summed E-state index contributed by atoms with van der Waals surface area (Å²) < 4.78 is 2.67. The Morgan fingerprint density at radius 1 is 1.57 bits per heavy atom. The standard InChI is InChI=1S/C9H8N2O2S/c1-2-3-10-7(12)6-8-11(9(10)13)4-5-14-8/h1,6H,3-5H2. The molecule has 14 heavy (non-hydrogen) atoms. The third-order valence-corrected chi connectivity index (χ3v) is 3.08. The number of rotatable bonds is 1. The molecule has 0 aromatic carbocycles. The van der Waals surface area contributed by atoms with Crippen LogP contribution in [0.3, 0.4) is 0 Å². The zero-order chi connectivity index (χ0) is 10.1. The fourth-order valence-corrected chi connectivity index (χ4v) is 2.39. The first kappa shape index (κ1) is 9.16. The fraction of sp³-hybridized carbons (Fsp3) is 0.333. The van der Waals surface area contributed by atoms with Crippen molar-refractivity contribution in [2.45, 2.75) is 18.1 Å². The van der Waals surface area contributed by atoms with E-state index in [0.717, 1.165) is 15.3 Å². The largest absolute Gasteiger partial charge is 0.332 e. The van der Waals surface area contributed by atoms with E-state index in [-0.39, 0.29) is 17.8 Å². The molecule has 0 N–H and O–H groups in total.